The van der Waals surface area contributed by atoms with E-state index in [9.17, 15) is 10.1 Å². The minimum absolute atomic E-state index is 0.0532. The van der Waals surface area contributed by atoms with Crippen LogP contribution in [0, 0.1) is 10.1 Å². The summed E-state index contributed by atoms with van der Waals surface area (Å²) >= 11 is 1.87. The SMILES string of the molecule is CCSCCCNc1ccc(OC)cc1[N+](=O)[O-]. The van der Waals surface area contributed by atoms with Crippen LogP contribution in [0.15, 0.2) is 18.2 Å². The smallest absolute Gasteiger partial charge is 0.296 e. The Hall–Kier alpha value is -1.43. The van der Waals surface area contributed by atoms with Gasteiger partial charge < -0.3 is 10.1 Å². The van der Waals surface area contributed by atoms with Crippen molar-refractivity contribution < 1.29 is 9.66 Å². The third-order valence-electron chi connectivity index (χ3n) is 2.39. The second kappa shape index (κ2) is 7.81. The number of thioether (sulfide) groups is 1. The zero-order chi connectivity index (χ0) is 13.4. The van der Waals surface area contributed by atoms with E-state index in [1.165, 1.54) is 13.2 Å². The van der Waals surface area contributed by atoms with Crippen LogP contribution in [0.2, 0.25) is 0 Å². The summed E-state index contributed by atoms with van der Waals surface area (Å²) in [6.45, 7) is 2.85. The molecular formula is C12H18N2O3S. The number of ether oxygens (including phenoxy) is 1. The molecule has 0 atom stereocenters. The Morgan fingerprint density at radius 1 is 1.50 bits per heavy atom. The Balaban J connectivity index is 2.61. The van der Waals surface area contributed by atoms with Gasteiger partial charge in [0.25, 0.3) is 5.69 Å². The highest BCUT2D eigenvalue weighted by atomic mass is 32.2. The molecule has 0 fully saturated rings. The number of hydrogen-bond acceptors (Lipinski definition) is 5. The van der Waals surface area contributed by atoms with E-state index in [2.05, 4.69) is 12.2 Å². The maximum atomic E-state index is 10.9. The lowest BCUT2D eigenvalue weighted by Crippen LogP contribution is -2.05. The molecule has 0 aromatic heterocycles. The number of nitro groups is 1. The number of methoxy groups -OCH3 is 1. The van der Waals surface area contributed by atoms with Crippen LogP contribution in [-0.4, -0.2) is 30.1 Å². The second-order valence-electron chi connectivity index (χ2n) is 3.62. The Labute approximate surface area is 111 Å². The molecule has 0 unspecified atom stereocenters. The number of nitro benzene ring substituents is 1. The molecule has 100 valence electrons. The monoisotopic (exact) mass is 270 g/mol. The Morgan fingerprint density at radius 3 is 2.89 bits per heavy atom. The summed E-state index contributed by atoms with van der Waals surface area (Å²) in [5.74, 6) is 2.66. The maximum Gasteiger partial charge on any atom is 0.296 e. The number of hydrogen-bond donors (Lipinski definition) is 1. The zero-order valence-electron chi connectivity index (χ0n) is 10.6. The molecule has 0 amide bonds. The average molecular weight is 270 g/mol. The van der Waals surface area contributed by atoms with E-state index < -0.39 is 4.92 Å². The lowest BCUT2D eigenvalue weighted by atomic mass is 10.2. The maximum absolute atomic E-state index is 10.9. The second-order valence-corrected chi connectivity index (χ2v) is 5.01. The van der Waals surface area contributed by atoms with Crippen LogP contribution in [0.3, 0.4) is 0 Å². The third kappa shape index (κ3) is 4.44. The summed E-state index contributed by atoms with van der Waals surface area (Å²) in [7, 11) is 1.49. The van der Waals surface area contributed by atoms with E-state index >= 15 is 0 Å². The predicted molar refractivity (Wildman–Crippen MR) is 75.8 cm³/mol. The Kier molecular flexibility index (Phi) is 6.35. The molecule has 0 saturated heterocycles. The molecule has 0 radical (unpaired) electrons. The molecule has 0 saturated carbocycles. The van der Waals surface area contributed by atoms with E-state index in [1.807, 2.05) is 11.8 Å². The summed E-state index contributed by atoms with van der Waals surface area (Å²) in [5, 5.41) is 14.0. The van der Waals surface area contributed by atoms with Crippen molar-refractivity contribution in [2.24, 2.45) is 0 Å². The first kappa shape index (κ1) is 14.6. The molecule has 5 nitrogen and oxygen atoms in total. The molecule has 0 spiro atoms. The van der Waals surface area contributed by atoms with Crippen LogP contribution in [0.4, 0.5) is 11.4 Å². The lowest BCUT2D eigenvalue weighted by molar-refractivity contribution is -0.384. The van der Waals surface area contributed by atoms with Crippen molar-refractivity contribution in [3.8, 4) is 5.75 Å². The number of nitrogens with one attached hydrogen (secondary N) is 1. The van der Waals surface area contributed by atoms with Crippen molar-refractivity contribution in [2.75, 3.05) is 30.5 Å². The summed E-state index contributed by atoms with van der Waals surface area (Å²) in [6, 6.07) is 4.84. The first-order valence-corrected chi connectivity index (χ1v) is 6.98. The Morgan fingerprint density at radius 2 is 2.28 bits per heavy atom. The number of nitrogens with zero attached hydrogens (tertiary/aromatic N) is 1. The fourth-order valence-electron chi connectivity index (χ4n) is 1.48. The fourth-order valence-corrected chi connectivity index (χ4v) is 2.12. The van der Waals surface area contributed by atoms with Gasteiger partial charge in [-0.05, 0) is 30.1 Å². The van der Waals surface area contributed by atoms with Gasteiger partial charge in [-0.1, -0.05) is 6.92 Å². The first-order valence-electron chi connectivity index (χ1n) is 5.83. The molecule has 0 aliphatic heterocycles. The van der Waals surface area contributed by atoms with Crippen molar-refractivity contribution in [2.45, 2.75) is 13.3 Å². The normalized spacial score (nSPS) is 10.1. The van der Waals surface area contributed by atoms with Gasteiger partial charge >= 0.3 is 0 Å². The zero-order valence-corrected chi connectivity index (χ0v) is 11.5. The largest absolute Gasteiger partial charge is 0.496 e. The molecule has 0 aliphatic carbocycles. The van der Waals surface area contributed by atoms with Gasteiger partial charge in [-0.25, -0.2) is 0 Å². The average Bonchev–Trinajstić information content (AvgIpc) is 2.38. The summed E-state index contributed by atoms with van der Waals surface area (Å²) in [4.78, 5) is 10.5. The van der Waals surface area contributed by atoms with Crippen LogP contribution < -0.4 is 10.1 Å². The standard InChI is InChI=1S/C12H18N2O3S/c1-3-18-8-4-7-13-11-6-5-10(17-2)9-12(11)14(15)16/h5-6,9,13H,3-4,7-8H2,1-2H3. The third-order valence-corrected chi connectivity index (χ3v) is 3.37. The summed E-state index contributed by atoms with van der Waals surface area (Å²) in [6.07, 6.45) is 0.988. The van der Waals surface area contributed by atoms with E-state index in [4.69, 9.17) is 4.74 Å². The number of anilines is 1. The highest BCUT2D eigenvalue weighted by molar-refractivity contribution is 7.99. The molecule has 1 aromatic carbocycles. The van der Waals surface area contributed by atoms with Crippen LogP contribution in [0.25, 0.3) is 0 Å². The molecule has 0 aliphatic rings. The van der Waals surface area contributed by atoms with Gasteiger partial charge in [-0.3, -0.25) is 10.1 Å². The van der Waals surface area contributed by atoms with Gasteiger partial charge in [0, 0.05) is 6.54 Å². The topological polar surface area (TPSA) is 64.4 Å². The van der Waals surface area contributed by atoms with E-state index in [-0.39, 0.29) is 5.69 Å². The first-order chi connectivity index (χ1) is 8.69. The molecule has 1 rings (SSSR count). The highest BCUT2D eigenvalue weighted by Crippen LogP contribution is 2.28. The van der Waals surface area contributed by atoms with E-state index in [0.717, 1.165) is 24.5 Å². The van der Waals surface area contributed by atoms with Gasteiger partial charge in [-0.2, -0.15) is 11.8 Å². The van der Waals surface area contributed by atoms with Crippen molar-refractivity contribution in [3.63, 3.8) is 0 Å². The van der Waals surface area contributed by atoms with Crippen LogP contribution in [0.5, 0.6) is 5.75 Å². The van der Waals surface area contributed by atoms with Gasteiger partial charge in [0.1, 0.15) is 11.4 Å². The van der Waals surface area contributed by atoms with Crippen molar-refractivity contribution in [1.29, 1.82) is 0 Å². The molecular weight excluding hydrogens is 252 g/mol. The summed E-state index contributed by atoms with van der Waals surface area (Å²) in [5.41, 5.74) is 0.597. The molecule has 0 bridgehead atoms. The molecule has 0 heterocycles. The van der Waals surface area contributed by atoms with E-state index in [1.54, 1.807) is 12.1 Å². The molecule has 6 heteroatoms. The minimum Gasteiger partial charge on any atom is -0.496 e. The van der Waals surface area contributed by atoms with Crippen molar-refractivity contribution >= 4 is 23.1 Å². The lowest BCUT2D eigenvalue weighted by Gasteiger charge is -2.08. The predicted octanol–water partition coefficient (Wildman–Crippen LogP) is 3.16. The summed E-state index contributed by atoms with van der Waals surface area (Å²) < 4.78 is 4.98. The van der Waals surface area contributed by atoms with Crippen molar-refractivity contribution in [3.05, 3.63) is 28.3 Å². The molecule has 1 aromatic rings. The van der Waals surface area contributed by atoms with Crippen LogP contribution >= 0.6 is 11.8 Å². The van der Waals surface area contributed by atoms with E-state index in [0.29, 0.717) is 11.4 Å². The fraction of sp³-hybridized carbons (Fsp3) is 0.500. The molecule has 1 N–H and O–H groups in total. The van der Waals surface area contributed by atoms with Gasteiger partial charge in [0.2, 0.25) is 0 Å². The van der Waals surface area contributed by atoms with Gasteiger partial charge in [0.05, 0.1) is 18.1 Å². The Bertz CT molecular complexity index is 399. The van der Waals surface area contributed by atoms with Crippen LogP contribution in [-0.2, 0) is 0 Å². The van der Waals surface area contributed by atoms with Crippen LogP contribution in [0.1, 0.15) is 13.3 Å². The van der Waals surface area contributed by atoms with Crippen molar-refractivity contribution in [1.82, 2.24) is 0 Å². The number of benzene rings is 1. The molecule has 18 heavy (non-hydrogen) atoms. The van der Waals surface area contributed by atoms with Gasteiger partial charge in [-0.15, -0.1) is 0 Å². The van der Waals surface area contributed by atoms with Gasteiger partial charge in [0.15, 0.2) is 0 Å². The minimum atomic E-state index is -0.397. The highest BCUT2D eigenvalue weighted by Gasteiger charge is 2.14. The number of rotatable bonds is 8. The quantitative estimate of drug-likeness (QED) is 0.446.